The van der Waals surface area contributed by atoms with Crippen molar-refractivity contribution in [2.45, 2.75) is 13.3 Å². The normalized spacial score (nSPS) is 10.5. The van der Waals surface area contributed by atoms with Gasteiger partial charge in [0.2, 0.25) is 5.78 Å². The number of ketones is 1. The minimum absolute atomic E-state index is 0.0379. The lowest BCUT2D eigenvalue weighted by atomic mass is 9.91. The Hall–Kier alpha value is -4.26. The highest BCUT2D eigenvalue weighted by Gasteiger charge is 2.25. The molecule has 0 amide bonds. The smallest absolute Gasteiger partial charge is 0.333 e. The molecule has 164 valence electrons. The van der Waals surface area contributed by atoms with Crippen molar-refractivity contribution in [2.75, 3.05) is 6.61 Å². The number of carbonyl (C=O) groups excluding carboxylic acids is 2. The number of hydrogen-bond donors (Lipinski definition) is 4. The summed E-state index contributed by atoms with van der Waals surface area (Å²) in [6.07, 6.45) is 0.0623. The topological polar surface area (TPSA) is 124 Å². The Balaban J connectivity index is 2.10. The number of carbonyl (C=O) groups is 2. The van der Waals surface area contributed by atoms with Gasteiger partial charge in [0, 0.05) is 18.1 Å². The van der Waals surface area contributed by atoms with Gasteiger partial charge in [0.1, 0.15) is 23.0 Å². The molecule has 0 saturated heterocycles. The van der Waals surface area contributed by atoms with Crippen LogP contribution in [0.25, 0.3) is 11.1 Å². The van der Waals surface area contributed by atoms with E-state index >= 15 is 0 Å². The molecular weight excluding hydrogens is 412 g/mol. The fourth-order valence-electron chi connectivity index (χ4n) is 3.19. The fraction of sp³-hybridized carbons (Fsp3) is 0.120. The summed E-state index contributed by atoms with van der Waals surface area (Å²) in [4.78, 5) is 24.8. The number of ether oxygens (including phenoxy) is 1. The SMILES string of the molecule is C=C(C)C(=O)OCCc1cc(C(=O)c2ccc(O)cc2O)c(O)c(-c2ccccc2)c1O. The standard InChI is InChI=1S/C25H22O7/c1-14(2)25(31)32-11-10-16-12-19(23(29)18-9-8-17(26)13-20(18)27)24(30)21(22(16)28)15-6-4-3-5-7-15/h3-9,12-13,26-28,30H,1,10-11H2,2H3. The summed E-state index contributed by atoms with van der Waals surface area (Å²) < 4.78 is 5.09. The Bertz CT molecular complexity index is 1200. The monoisotopic (exact) mass is 434 g/mol. The minimum atomic E-state index is -0.711. The van der Waals surface area contributed by atoms with Gasteiger partial charge in [-0.2, -0.15) is 0 Å². The molecule has 0 radical (unpaired) electrons. The molecule has 0 aromatic heterocycles. The molecule has 3 aromatic rings. The summed E-state index contributed by atoms with van der Waals surface area (Å²) in [7, 11) is 0. The van der Waals surface area contributed by atoms with Crippen LogP contribution in [0, 0.1) is 0 Å². The maximum atomic E-state index is 13.1. The van der Waals surface area contributed by atoms with Crippen molar-refractivity contribution < 1.29 is 34.8 Å². The van der Waals surface area contributed by atoms with Crippen molar-refractivity contribution in [1.29, 1.82) is 0 Å². The zero-order chi connectivity index (χ0) is 23.4. The second-order valence-corrected chi connectivity index (χ2v) is 7.22. The molecule has 7 nitrogen and oxygen atoms in total. The first-order valence-electron chi connectivity index (χ1n) is 9.73. The second-order valence-electron chi connectivity index (χ2n) is 7.22. The van der Waals surface area contributed by atoms with Gasteiger partial charge in [-0.05, 0) is 36.2 Å². The summed E-state index contributed by atoms with van der Waals surface area (Å²) in [5, 5.41) is 41.4. The third-order valence-electron chi connectivity index (χ3n) is 4.84. The van der Waals surface area contributed by atoms with Crippen molar-refractivity contribution in [3.8, 4) is 34.1 Å². The molecule has 0 unspecified atom stereocenters. The molecular formula is C25H22O7. The highest BCUT2D eigenvalue weighted by atomic mass is 16.5. The van der Waals surface area contributed by atoms with E-state index in [1.54, 1.807) is 30.3 Å². The fourth-order valence-corrected chi connectivity index (χ4v) is 3.19. The lowest BCUT2D eigenvalue weighted by Gasteiger charge is -2.16. The lowest BCUT2D eigenvalue weighted by Crippen LogP contribution is -2.09. The summed E-state index contributed by atoms with van der Waals surface area (Å²) in [5.74, 6) is -2.70. The van der Waals surface area contributed by atoms with Crippen molar-refractivity contribution in [2.24, 2.45) is 0 Å². The molecule has 0 aliphatic carbocycles. The first kappa shape index (κ1) is 22.4. The van der Waals surface area contributed by atoms with E-state index < -0.39 is 23.3 Å². The zero-order valence-electron chi connectivity index (χ0n) is 17.3. The number of benzene rings is 3. The Morgan fingerprint density at radius 2 is 1.59 bits per heavy atom. The van der Waals surface area contributed by atoms with E-state index in [9.17, 15) is 30.0 Å². The first-order chi connectivity index (χ1) is 15.2. The average molecular weight is 434 g/mol. The summed E-state index contributed by atoms with van der Waals surface area (Å²) in [6, 6.07) is 13.3. The average Bonchev–Trinajstić information content (AvgIpc) is 2.75. The molecule has 0 aliphatic rings. The molecule has 3 aromatic carbocycles. The van der Waals surface area contributed by atoms with E-state index in [0.29, 0.717) is 5.56 Å². The number of rotatable bonds is 7. The van der Waals surface area contributed by atoms with Crippen LogP contribution in [0.15, 0.2) is 66.7 Å². The summed E-state index contributed by atoms with van der Waals surface area (Å²) >= 11 is 0. The molecule has 7 heteroatoms. The van der Waals surface area contributed by atoms with Gasteiger partial charge in [0.05, 0.1) is 23.3 Å². The Morgan fingerprint density at radius 1 is 0.906 bits per heavy atom. The number of esters is 1. The lowest BCUT2D eigenvalue weighted by molar-refractivity contribution is -0.138. The van der Waals surface area contributed by atoms with Crippen molar-refractivity contribution in [3.63, 3.8) is 0 Å². The number of phenols is 4. The van der Waals surface area contributed by atoms with Crippen LogP contribution in [-0.2, 0) is 16.0 Å². The predicted octanol–water partition coefficient (Wildman–Crippen LogP) is 4.07. The van der Waals surface area contributed by atoms with Crippen molar-refractivity contribution in [3.05, 3.63) is 83.4 Å². The molecule has 0 bridgehead atoms. The molecule has 3 rings (SSSR count). The van der Waals surface area contributed by atoms with Gasteiger partial charge >= 0.3 is 5.97 Å². The van der Waals surface area contributed by atoms with E-state index in [-0.39, 0.29) is 52.4 Å². The Kier molecular flexibility index (Phi) is 6.49. The summed E-state index contributed by atoms with van der Waals surface area (Å²) in [5.41, 5.74) is 0.691. The predicted molar refractivity (Wildman–Crippen MR) is 118 cm³/mol. The molecule has 0 atom stereocenters. The largest absolute Gasteiger partial charge is 0.508 e. The third-order valence-corrected chi connectivity index (χ3v) is 4.84. The zero-order valence-corrected chi connectivity index (χ0v) is 17.3. The molecule has 0 aliphatic heterocycles. The second kappa shape index (κ2) is 9.26. The quantitative estimate of drug-likeness (QED) is 0.251. The van der Waals surface area contributed by atoms with Crippen LogP contribution in [0.5, 0.6) is 23.0 Å². The Labute approximate surface area is 184 Å². The molecule has 32 heavy (non-hydrogen) atoms. The van der Waals surface area contributed by atoms with Crippen LogP contribution >= 0.6 is 0 Å². The van der Waals surface area contributed by atoms with Crippen molar-refractivity contribution >= 4 is 11.8 Å². The van der Waals surface area contributed by atoms with E-state index in [1.165, 1.54) is 25.1 Å². The number of phenolic OH excluding ortho intramolecular Hbond substituents is 4. The van der Waals surface area contributed by atoms with Crippen LogP contribution in [0.3, 0.4) is 0 Å². The first-order valence-corrected chi connectivity index (χ1v) is 9.73. The van der Waals surface area contributed by atoms with Crippen LogP contribution in [-0.4, -0.2) is 38.8 Å². The van der Waals surface area contributed by atoms with Crippen molar-refractivity contribution in [1.82, 2.24) is 0 Å². The Morgan fingerprint density at radius 3 is 2.22 bits per heavy atom. The van der Waals surface area contributed by atoms with Gasteiger partial charge in [-0.1, -0.05) is 36.9 Å². The van der Waals surface area contributed by atoms with E-state index in [0.717, 1.165) is 6.07 Å². The minimum Gasteiger partial charge on any atom is -0.508 e. The van der Waals surface area contributed by atoms with Gasteiger partial charge in [0.25, 0.3) is 0 Å². The van der Waals surface area contributed by atoms with Gasteiger partial charge in [-0.15, -0.1) is 0 Å². The molecule has 0 fully saturated rings. The van der Waals surface area contributed by atoms with Gasteiger partial charge in [-0.25, -0.2) is 4.79 Å². The maximum Gasteiger partial charge on any atom is 0.333 e. The van der Waals surface area contributed by atoms with E-state index in [1.807, 2.05) is 0 Å². The van der Waals surface area contributed by atoms with Crippen LogP contribution in [0.2, 0.25) is 0 Å². The molecule has 0 saturated carbocycles. The van der Waals surface area contributed by atoms with E-state index in [4.69, 9.17) is 4.74 Å². The summed E-state index contributed by atoms with van der Waals surface area (Å²) in [6.45, 7) is 4.93. The van der Waals surface area contributed by atoms with Gasteiger partial charge < -0.3 is 25.2 Å². The molecule has 0 heterocycles. The van der Waals surface area contributed by atoms with Crippen LogP contribution < -0.4 is 0 Å². The van der Waals surface area contributed by atoms with Gasteiger partial charge in [0.15, 0.2) is 0 Å². The maximum absolute atomic E-state index is 13.1. The van der Waals surface area contributed by atoms with Crippen LogP contribution in [0.1, 0.15) is 28.4 Å². The number of hydrogen-bond acceptors (Lipinski definition) is 7. The van der Waals surface area contributed by atoms with E-state index in [2.05, 4.69) is 6.58 Å². The van der Waals surface area contributed by atoms with Gasteiger partial charge in [-0.3, -0.25) is 4.79 Å². The third kappa shape index (κ3) is 4.57. The highest BCUT2D eigenvalue weighted by molar-refractivity contribution is 6.13. The highest BCUT2D eigenvalue weighted by Crippen LogP contribution is 2.43. The van der Waals surface area contributed by atoms with Crippen LogP contribution in [0.4, 0.5) is 0 Å². The number of aromatic hydroxyl groups is 4. The molecule has 0 spiro atoms. The molecule has 4 N–H and O–H groups in total.